The van der Waals surface area contributed by atoms with Gasteiger partial charge in [-0.3, -0.25) is 9.69 Å². The molecule has 2 aliphatic heterocycles. The molecule has 2 saturated heterocycles. The summed E-state index contributed by atoms with van der Waals surface area (Å²) < 4.78 is 0. The largest absolute Gasteiger partial charge is 0.356 e. The second-order valence-corrected chi connectivity index (χ2v) is 7.44. The van der Waals surface area contributed by atoms with E-state index in [0.717, 1.165) is 61.7 Å². The maximum atomic E-state index is 12.2. The third kappa shape index (κ3) is 2.88. The Bertz CT molecular complexity index is 685. The zero-order valence-electron chi connectivity index (χ0n) is 13.0. The number of thiophene rings is 1. The van der Waals surface area contributed by atoms with Crippen molar-refractivity contribution in [2.24, 2.45) is 5.41 Å². The molecule has 23 heavy (non-hydrogen) atoms. The van der Waals surface area contributed by atoms with Gasteiger partial charge in [0.05, 0.1) is 10.3 Å². The van der Waals surface area contributed by atoms with Crippen molar-refractivity contribution in [2.45, 2.75) is 25.8 Å². The summed E-state index contributed by atoms with van der Waals surface area (Å²) in [5.41, 5.74) is 0.953. The van der Waals surface area contributed by atoms with E-state index in [1.165, 1.54) is 0 Å². The van der Waals surface area contributed by atoms with Gasteiger partial charge in [0, 0.05) is 37.6 Å². The van der Waals surface area contributed by atoms with Crippen LogP contribution in [0.1, 0.15) is 24.8 Å². The van der Waals surface area contributed by atoms with Crippen LogP contribution in [-0.2, 0) is 11.3 Å². The molecule has 0 saturated carbocycles. The normalized spacial score (nSPS) is 25.0. The lowest BCUT2D eigenvalue weighted by molar-refractivity contribution is -0.132. The molecule has 0 aromatic carbocycles. The van der Waals surface area contributed by atoms with Crippen LogP contribution in [0.25, 0.3) is 10.7 Å². The minimum atomic E-state index is -0.157. The molecule has 4 rings (SSSR count). The molecule has 0 aliphatic carbocycles. The van der Waals surface area contributed by atoms with Gasteiger partial charge in [-0.15, -0.1) is 11.3 Å². The maximum absolute atomic E-state index is 12.2. The molecule has 120 valence electrons. The lowest BCUT2D eigenvalue weighted by Gasteiger charge is -2.32. The van der Waals surface area contributed by atoms with Gasteiger partial charge in [-0.2, -0.15) is 0 Å². The molecule has 1 atom stereocenters. The Morgan fingerprint density at radius 2 is 2.17 bits per heavy atom. The molecule has 0 radical (unpaired) electrons. The molecule has 1 N–H and O–H groups in total. The lowest BCUT2D eigenvalue weighted by atomic mass is 9.79. The summed E-state index contributed by atoms with van der Waals surface area (Å²) in [5, 5.41) is 5.07. The van der Waals surface area contributed by atoms with Gasteiger partial charge >= 0.3 is 0 Å². The van der Waals surface area contributed by atoms with Gasteiger partial charge in [-0.25, -0.2) is 9.97 Å². The monoisotopic (exact) mass is 328 g/mol. The predicted octanol–water partition coefficient (Wildman–Crippen LogP) is 2.31. The number of likely N-dealkylation sites (tertiary alicyclic amines) is 1. The highest BCUT2D eigenvalue weighted by molar-refractivity contribution is 7.13. The molecule has 6 heteroatoms. The van der Waals surface area contributed by atoms with Crippen molar-refractivity contribution in [3.8, 4) is 10.7 Å². The molecule has 1 amide bonds. The Balaban J connectivity index is 1.42. The summed E-state index contributed by atoms with van der Waals surface area (Å²) in [6.45, 7) is 3.48. The predicted molar refractivity (Wildman–Crippen MR) is 89.9 cm³/mol. The van der Waals surface area contributed by atoms with Gasteiger partial charge in [-0.05, 0) is 37.3 Å². The van der Waals surface area contributed by atoms with Crippen LogP contribution in [0.3, 0.4) is 0 Å². The molecule has 1 spiro atoms. The van der Waals surface area contributed by atoms with Gasteiger partial charge in [0.2, 0.25) is 5.91 Å². The standard InChI is InChI=1S/C17H20N4OS/c22-16-17(4-2-6-18-16)5-7-21(12-17)11-13-9-19-15(20-10-13)14-3-1-8-23-14/h1,3,8-10H,2,4-7,11-12H2,(H,18,22). The minimum absolute atomic E-state index is 0.157. The molecule has 5 nitrogen and oxygen atoms in total. The van der Waals surface area contributed by atoms with Crippen molar-refractivity contribution >= 4 is 17.2 Å². The minimum Gasteiger partial charge on any atom is -0.356 e. The van der Waals surface area contributed by atoms with E-state index < -0.39 is 0 Å². The first-order valence-corrected chi connectivity index (χ1v) is 8.99. The first-order valence-electron chi connectivity index (χ1n) is 8.11. The summed E-state index contributed by atoms with van der Waals surface area (Å²) in [6.07, 6.45) is 6.90. The average molecular weight is 328 g/mol. The van der Waals surface area contributed by atoms with Crippen LogP contribution in [0.15, 0.2) is 29.9 Å². The molecular formula is C17H20N4OS. The van der Waals surface area contributed by atoms with Crippen molar-refractivity contribution < 1.29 is 4.79 Å². The number of aromatic nitrogens is 2. The van der Waals surface area contributed by atoms with Crippen LogP contribution in [-0.4, -0.2) is 40.4 Å². The smallest absolute Gasteiger partial charge is 0.227 e. The van der Waals surface area contributed by atoms with Crippen LogP contribution in [0, 0.1) is 5.41 Å². The quantitative estimate of drug-likeness (QED) is 0.939. The summed E-state index contributed by atoms with van der Waals surface area (Å²) in [4.78, 5) is 24.6. The first kappa shape index (κ1) is 14.8. The summed E-state index contributed by atoms with van der Waals surface area (Å²) >= 11 is 1.65. The number of nitrogens with one attached hydrogen (secondary N) is 1. The van der Waals surface area contributed by atoms with E-state index >= 15 is 0 Å². The first-order chi connectivity index (χ1) is 11.3. The van der Waals surface area contributed by atoms with Crippen molar-refractivity contribution in [2.75, 3.05) is 19.6 Å². The fraction of sp³-hybridized carbons (Fsp3) is 0.471. The number of hydrogen-bond acceptors (Lipinski definition) is 5. The molecule has 2 aliphatic rings. The van der Waals surface area contributed by atoms with Gasteiger partial charge in [0.25, 0.3) is 0 Å². The Kier molecular flexibility index (Phi) is 3.87. The van der Waals surface area contributed by atoms with Crippen molar-refractivity contribution in [3.63, 3.8) is 0 Å². The Morgan fingerprint density at radius 1 is 1.30 bits per heavy atom. The van der Waals surface area contributed by atoms with Crippen LogP contribution >= 0.6 is 11.3 Å². The van der Waals surface area contributed by atoms with E-state index in [1.807, 2.05) is 29.9 Å². The van der Waals surface area contributed by atoms with Crippen molar-refractivity contribution in [3.05, 3.63) is 35.5 Å². The third-order valence-electron chi connectivity index (χ3n) is 4.89. The Morgan fingerprint density at radius 3 is 2.91 bits per heavy atom. The SMILES string of the molecule is O=C1NCCCC12CCN(Cc1cnc(-c3cccs3)nc1)C2. The highest BCUT2D eigenvalue weighted by Crippen LogP contribution is 2.37. The van der Waals surface area contributed by atoms with Crippen molar-refractivity contribution in [1.82, 2.24) is 20.2 Å². The molecule has 2 fully saturated rings. The summed E-state index contributed by atoms with van der Waals surface area (Å²) in [6, 6.07) is 4.04. The van der Waals surface area contributed by atoms with Gasteiger partial charge in [-0.1, -0.05) is 6.07 Å². The van der Waals surface area contributed by atoms with Gasteiger partial charge in [0.15, 0.2) is 5.82 Å². The number of carbonyl (C=O) groups is 1. The number of piperidine rings is 1. The zero-order chi connectivity index (χ0) is 15.7. The molecule has 4 heterocycles. The number of hydrogen-bond donors (Lipinski definition) is 1. The maximum Gasteiger partial charge on any atom is 0.227 e. The van der Waals surface area contributed by atoms with E-state index in [0.29, 0.717) is 0 Å². The zero-order valence-corrected chi connectivity index (χ0v) is 13.8. The van der Waals surface area contributed by atoms with Crippen LogP contribution in [0.4, 0.5) is 0 Å². The molecular weight excluding hydrogens is 308 g/mol. The van der Waals surface area contributed by atoms with E-state index in [9.17, 15) is 4.79 Å². The fourth-order valence-corrected chi connectivity index (χ4v) is 4.31. The second-order valence-electron chi connectivity index (χ2n) is 6.49. The number of carbonyl (C=O) groups excluding carboxylic acids is 1. The van der Waals surface area contributed by atoms with Gasteiger partial charge in [0.1, 0.15) is 0 Å². The van der Waals surface area contributed by atoms with Crippen LogP contribution in [0.5, 0.6) is 0 Å². The van der Waals surface area contributed by atoms with Crippen LogP contribution < -0.4 is 5.32 Å². The van der Waals surface area contributed by atoms with Crippen molar-refractivity contribution in [1.29, 1.82) is 0 Å². The Labute approximate surface area is 139 Å². The molecule has 2 aromatic rings. The van der Waals surface area contributed by atoms with E-state index in [2.05, 4.69) is 20.2 Å². The molecule has 0 bridgehead atoms. The number of rotatable bonds is 3. The number of nitrogens with zero attached hydrogens (tertiary/aromatic N) is 3. The summed E-state index contributed by atoms with van der Waals surface area (Å²) in [7, 11) is 0. The Hall–Kier alpha value is -1.79. The summed E-state index contributed by atoms with van der Waals surface area (Å²) in [5.74, 6) is 1.03. The second kappa shape index (κ2) is 6.02. The lowest BCUT2D eigenvalue weighted by Crippen LogP contribution is -2.47. The number of amides is 1. The van der Waals surface area contributed by atoms with E-state index in [4.69, 9.17) is 0 Å². The average Bonchev–Trinajstić information content (AvgIpc) is 3.22. The topological polar surface area (TPSA) is 58.1 Å². The highest BCUT2D eigenvalue weighted by atomic mass is 32.1. The molecule has 2 aromatic heterocycles. The van der Waals surface area contributed by atoms with E-state index in [1.54, 1.807) is 11.3 Å². The van der Waals surface area contributed by atoms with Gasteiger partial charge < -0.3 is 5.32 Å². The van der Waals surface area contributed by atoms with Crippen LogP contribution in [0.2, 0.25) is 0 Å². The molecule has 1 unspecified atom stereocenters. The third-order valence-corrected chi connectivity index (χ3v) is 5.75. The highest BCUT2D eigenvalue weighted by Gasteiger charge is 2.45. The fourth-order valence-electron chi connectivity index (χ4n) is 3.64. The van der Waals surface area contributed by atoms with E-state index in [-0.39, 0.29) is 11.3 Å².